The number of carbonyl (C=O) groups excluding carboxylic acids is 2. The van der Waals surface area contributed by atoms with Gasteiger partial charge in [-0.15, -0.1) is 0 Å². The normalized spacial score (nSPS) is 14.5. The first kappa shape index (κ1) is 21.0. The van der Waals surface area contributed by atoms with Gasteiger partial charge in [-0.05, 0) is 37.1 Å². The topological polar surface area (TPSA) is 72.4 Å². The SMILES string of the molecule is CNC(=O)c1ccc(Cn2cc(C(=O)NC3CCOCC3)c3c(F)cccc32)c(F)c1. The van der Waals surface area contributed by atoms with Gasteiger partial charge in [-0.2, -0.15) is 0 Å². The highest BCUT2D eigenvalue weighted by Crippen LogP contribution is 2.26. The molecule has 162 valence electrons. The molecule has 8 heteroatoms. The van der Waals surface area contributed by atoms with Gasteiger partial charge >= 0.3 is 0 Å². The molecule has 0 unspecified atom stereocenters. The lowest BCUT2D eigenvalue weighted by Crippen LogP contribution is -2.38. The Labute approximate surface area is 178 Å². The Balaban J connectivity index is 1.67. The summed E-state index contributed by atoms with van der Waals surface area (Å²) in [6.07, 6.45) is 2.96. The van der Waals surface area contributed by atoms with Crippen molar-refractivity contribution in [3.8, 4) is 0 Å². The van der Waals surface area contributed by atoms with E-state index in [1.165, 1.54) is 31.3 Å². The van der Waals surface area contributed by atoms with E-state index in [0.29, 0.717) is 37.1 Å². The first-order chi connectivity index (χ1) is 15.0. The number of benzene rings is 2. The molecule has 1 fully saturated rings. The highest BCUT2D eigenvalue weighted by molar-refractivity contribution is 6.07. The predicted molar refractivity (Wildman–Crippen MR) is 112 cm³/mol. The predicted octanol–water partition coefficient (Wildman–Crippen LogP) is 3.24. The van der Waals surface area contributed by atoms with E-state index in [-0.39, 0.29) is 40.9 Å². The van der Waals surface area contributed by atoms with Crippen molar-refractivity contribution < 1.29 is 23.1 Å². The van der Waals surface area contributed by atoms with E-state index >= 15 is 0 Å². The fraction of sp³-hybridized carbons (Fsp3) is 0.304. The van der Waals surface area contributed by atoms with Gasteiger partial charge in [0.05, 0.1) is 17.6 Å². The molecule has 0 atom stereocenters. The highest BCUT2D eigenvalue weighted by atomic mass is 19.1. The molecule has 4 rings (SSSR count). The third-order valence-corrected chi connectivity index (χ3v) is 5.54. The van der Waals surface area contributed by atoms with Crippen molar-refractivity contribution >= 4 is 22.7 Å². The summed E-state index contributed by atoms with van der Waals surface area (Å²) >= 11 is 0. The molecule has 1 aliphatic heterocycles. The Morgan fingerprint density at radius 3 is 2.58 bits per heavy atom. The smallest absolute Gasteiger partial charge is 0.253 e. The van der Waals surface area contributed by atoms with E-state index in [4.69, 9.17) is 4.74 Å². The van der Waals surface area contributed by atoms with Gasteiger partial charge in [0.1, 0.15) is 11.6 Å². The zero-order valence-corrected chi connectivity index (χ0v) is 17.1. The standard InChI is InChI=1S/C23H23F2N3O3/c1-26-22(29)14-5-6-15(19(25)11-14)12-28-13-17(21-18(24)3-2-4-20(21)28)23(30)27-16-7-9-31-10-8-16/h2-6,11,13,16H,7-10,12H2,1H3,(H,26,29)(H,27,30). The lowest BCUT2D eigenvalue weighted by atomic mass is 10.1. The van der Waals surface area contributed by atoms with Gasteiger partial charge in [0.25, 0.3) is 11.8 Å². The molecule has 2 aromatic carbocycles. The number of halogens is 2. The number of nitrogens with zero attached hydrogens (tertiary/aromatic N) is 1. The average molecular weight is 427 g/mol. The van der Waals surface area contributed by atoms with Crippen molar-refractivity contribution in [3.63, 3.8) is 0 Å². The van der Waals surface area contributed by atoms with Crippen LogP contribution in [0.2, 0.25) is 0 Å². The Morgan fingerprint density at radius 2 is 1.87 bits per heavy atom. The number of nitrogens with one attached hydrogen (secondary N) is 2. The number of rotatable bonds is 5. The molecule has 2 N–H and O–H groups in total. The number of fused-ring (bicyclic) bond motifs is 1. The summed E-state index contributed by atoms with van der Waals surface area (Å²) in [5.74, 6) is -1.81. The minimum atomic E-state index is -0.549. The zero-order chi connectivity index (χ0) is 22.0. The molecule has 1 aromatic heterocycles. The van der Waals surface area contributed by atoms with Crippen molar-refractivity contribution in [2.45, 2.75) is 25.4 Å². The Bertz CT molecular complexity index is 1140. The van der Waals surface area contributed by atoms with Crippen molar-refractivity contribution in [1.29, 1.82) is 0 Å². The zero-order valence-electron chi connectivity index (χ0n) is 17.1. The molecule has 2 heterocycles. The first-order valence-electron chi connectivity index (χ1n) is 10.1. The van der Waals surface area contributed by atoms with E-state index in [1.807, 2.05) is 0 Å². The second kappa shape index (κ2) is 8.85. The number of ether oxygens (including phenoxy) is 1. The Morgan fingerprint density at radius 1 is 1.10 bits per heavy atom. The van der Waals surface area contributed by atoms with E-state index in [1.54, 1.807) is 22.9 Å². The highest BCUT2D eigenvalue weighted by Gasteiger charge is 2.22. The van der Waals surface area contributed by atoms with Crippen LogP contribution in [-0.4, -0.2) is 42.7 Å². The molecule has 6 nitrogen and oxygen atoms in total. The van der Waals surface area contributed by atoms with Crippen LogP contribution in [-0.2, 0) is 11.3 Å². The van der Waals surface area contributed by atoms with Gasteiger partial charge in [-0.25, -0.2) is 8.78 Å². The van der Waals surface area contributed by atoms with Gasteiger partial charge in [0.2, 0.25) is 0 Å². The van der Waals surface area contributed by atoms with E-state index in [0.717, 1.165) is 0 Å². The second-order valence-electron chi connectivity index (χ2n) is 7.55. The monoisotopic (exact) mass is 427 g/mol. The molecule has 0 saturated carbocycles. The molecule has 0 radical (unpaired) electrons. The summed E-state index contributed by atoms with van der Waals surface area (Å²) in [5.41, 5.74) is 1.24. The van der Waals surface area contributed by atoms with Gasteiger partial charge in [0, 0.05) is 49.0 Å². The van der Waals surface area contributed by atoms with E-state index in [9.17, 15) is 18.4 Å². The average Bonchev–Trinajstić information content (AvgIpc) is 3.15. The van der Waals surface area contributed by atoms with Crippen LogP contribution in [0.1, 0.15) is 39.1 Å². The van der Waals surface area contributed by atoms with Crippen LogP contribution in [0.4, 0.5) is 8.78 Å². The molecule has 1 saturated heterocycles. The lowest BCUT2D eigenvalue weighted by Gasteiger charge is -2.22. The number of aromatic nitrogens is 1. The van der Waals surface area contributed by atoms with Gasteiger partial charge in [-0.1, -0.05) is 12.1 Å². The lowest BCUT2D eigenvalue weighted by molar-refractivity contribution is 0.0697. The maximum Gasteiger partial charge on any atom is 0.253 e. The molecule has 2 amide bonds. The first-order valence-corrected chi connectivity index (χ1v) is 10.1. The van der Waals surface area contributed by atoms with Crippen LogP contribution in [0, 0.1) is 11.6 Å². The molecule has 31 heavy (non-hydrogen) atoms. The van der Waals surface area contributed by atoms with Crippen molar-refractivity contribution in [3.05, 3.63) is 70.9 Å². The van der Waals surface area contributed by atoms with Crippen LogP contribution < -0.4 is 10.6 Å². The summed E-state index contributed by atoms with van der Waals surface area (Å²) < 4.78 is 36.3. The fourth-order valence-electron chi connectivity index (χ4n) is 3.86. The summed E-state index contributed by atoms with van der Waals surface area (Å²) in [7, 11) is 1.47. The van der Waals surface area contributed by atoms with Gasteiger partial charge in [-0.3, -0.25) is 9.59 Å². The van der Waals surface area contributed by atoms with Gasteiger partial charge < -0.3 is 19.9 Å². The summed E-state index contributed by atoms with van der Waals surface area (Å²) in [6, 6.07) is 8.74. The number of carbonyl (C=O) groups is 2. The van der Waals surface area contributed by atoms with Gasteiger partial charge in [0.15, 0.2) is 0 Å². The maximum absolute atomic E-state index is 14.7. The van der Waals surface area contributed by atoms with Crippen LogP contribution in [0.5, 0.6) is 0 Å². The molecule has 0 aliphatic carbocycles. The fourth-order valence-corrected chi connectivity index (χ4v) is 3.86. The Kier molecular flexibility index (Phi) is 5.99. The third kappa shape index (κ3) is 4.29. The molecule has 0 spiro atoms. The molecular formula is C23H23F2N3O3. The van der Waals surface area contributed by atoms with Crippen LogP contribution >= 0.6 is 0 Å². The van der Waals surface area contributed by atoms with E-state index in [2.05, 4.69) is 10.6 Å². The maximum atomic E-state index is 14.7. The van der Waals surface area contributed by atoms with Crippen LogP contribution in [0.15, 0.2) is 42.6 Å². The van der Waals surface area contributed by atoms with Crippen molar-refractivity contribution in [1.82, 2.24) is 15.2 Å². The number of hydrogen-bond acceptors (Lipinski definition) is 3. The molecule has 1 aliphatic rings. The van der Waals surface area contributed by atoms with Crippen molar-refractivity contribution in [2.24, 2.45) is 0 Å². The van der Waals surface area contributed by atoms with Crippen LogP contribution in [0.3, 0.4) is 0 Å². The Hall–Kier alpha value is -3.26. The summed E-state index contributed by atoms with van der Waals surface area (Å²) in [6.45, 7) is 1.24. The quantitative estimate of drug-likeness (QED) is 0.657. The molecular weight excluding hydrogens is 404 g/mol. The minimum absolute atomic E-state index is 0.0267. The molecule has 3 aromatic rings. The van der Waals surface area contributed by atoms with Crippen molar-refractivity contribution in [2.75, 3.05) is 20.3 Å². The van der Waals surface area contributed by atoms with Crippen LogP contribution in [0.25, 0.3) is 10.9 Å². The van der Waals surface area contributed by atoms with E-state index < -0.39 is 11.6 Å². The summed E-state index contributed by atoms with van der Waals surface area (Å²) in [5, 5.41) is 5.61. The number of amides is 2. The third-order valence-electron chi connectivity index (χ3n) is 5.54. The largest absolute Gasteiger partial charge is 0.381 e. The second-order valence-corrected chi connectivity index (χ2v) is 7.55. The minimum Gasteiger partial charge on any atom is -0.381 e. The number of hydrogen-bond donors (Lipinski definition) is 2. The molecule has 0 bridgehead atoms. The summed E-state index contributed by atoms with van der Waals surface area (Å²) in [4.78, 5) is 24.6.